The zero-order valence-electron chi connectivity index (χ0n) is 10.5. The largest absolute Gasteiger partial charge is 0.369 e. The highest BCUT2D eigenvalue weighted by Gasteiger charge is 2.15. The fraction of sp³-hybridized carbons (Fsp3) is 0.214. The van der Waals surface area contributed by atoms with Crippen molar-refractivity contribution in [2.75, 3.05) is 5.73 Å². The van der Waals surface area contributed by atoms with E-state index in [1.54, 1.807) is 11.3 Å². The van der Waals surface area contributed by atoms with Gasteiger partial charge in [0.05, 0.1) is 11.0 Å². The Hall–Kier alpha value is -1.52. The molecule has 0 aliphatic carbocycles. The number of nitrogen functional groups attached to an aromatic ring is 1. The van der Waals surface area contributed by atoms with Crippen LogP contribution in [0.3, 0.4) is 0 Å². The van der Waals surface area contributed by atoms with Crippen LogP contribution in [0.2, 0.25) is 5.02 Å². The first-order valence-corrected chi connectivity index (χ1v) is 7.36. The molecule has 0 spiro atoms. The number of hydrogen-bond acceptors (Lipinski definition) is 3. The number of imidazole rings is 1. The number of nitrogens with two attached hydrogens (primary N) is 1. The lowest BCUT2D eigenvalue weighted by Crippen LogP contribution is -2.10. The highest BCUT2D eigenvalue weighted by molar-refractivity contribution is 7.09. The van der Waals surface area contributed by atoms with Crippen molar-refractivity contribution in [1.29, 1.82) is 0 Å². The van der Waals surface area contributed by atoms with Crippen LogP contribution in [0.5, 0.6) is 0 Å². The average molecular weight is 292 g/mol. The Labute approximate surface area is 120 Å². The van der Waals surface area contributed by atoms with E-state index in [0.717, 1.165) is 17.5 Å². The Bertz CT molecular complexity index is 703. The van der Waals surface area contributed by atoms with Crippen molar-refractivity contribution in [3.8, 4) is 0 Å². The molecule has 0 radical (unpaired) electrons. The van der Waals surface area contributed by atoms with E-state index in [9.17, 15) is 0 Å². The summed E-state index contributed by atoms with van der Waals surface area (Å²) in [5, 5.41) is 2.80. The maximum absolute atomic E-state index is 6.07. The molecule has 1 unspecified atom stereocenters. The Morgan fingerprint density at radius 1 is 1.42 bits per heavy atom. The topological polar surface area (TPSA) is 43.8 Å². The van der Waals surface area contributed by atoms with Crippen molar-refractivity contribution in [2.45, 2.75) is 19.4 Å². The van der Waals surface area contributed by atoms with Crippen LogP contribution >= 0.6 is 22.9 Å². The summed E-state index contributed by atoms with van der Waals surface area (Å²) in [6, 6.07) is 10.1. The molecule has 2 aromatic heterocycles. The Balaban J connectivity index is 2.03. The SMILES string of the molecule is CC(Cc1cccs1)n1c(N)nc2ccc(Cl)cc21. The minimum Gasteiger partial charge on any atom is -0.369 e. The van der Waals surface area contributed by atoms with Crippen LogP contribution in [0, 0.1) is 0 Å². The molecule has 98 valence electrons. The number of hydrogen-bond donors (Lipinski definition) is 1. The number of aromatic nitrogens is 2. The highest BCUT2D eigenvalue weighted by Crippen LogP contribution is 2.28. The van der Waals surface area contributed by atoms with Gasteiger partial charge in [0.1, 0.15) is 0 Å². The van der Waals surface area contributed by atoms with Gasteiger partial charge < -0.3 is 10.3 Å². The third kappa shape index (κ3) is 2.33. The van der Waals surface area contributed by atoms with Gasteiger partial charge in [0.15, 0.2) is 0 Å². The maximum Gasteiger partial charge on any atom is 0.201 e. The van der Waals surface area contributed by atoms with E-state index < -0.39 is 0 Å². The monoisotopic (exact) mass is 291 g/mol. The zero-order valence-corrected chi connectivity index (χ0v) is 12.1. The molecule has 0 fully saturated rings. The predicted molar refractivity (Wildman–Crippen MR) is 81.9 cm³/mol. The van der Waals surface area contributed by atoms with E-state index in [4.69, 9.17) is 17.3 Å². The lowest BCUT2D eigenvalue weighted by atomic mass is 10.2. The first-order valence-electron chi connectivity index (χ1n) is 6.10. The molecule has 0 saturated carbocycles. The number of thiophene rings is 1. The molecule has 0 amide bonds. The summed E-state index contributed by atoms with van der Waals surface area (Å²) < 4.78 is 2.06. The molecule has 3 aromatic rings. The van der Waals surface area contributed by atoms with Gasteiger partial charge in [-0.05, 0) is 36.6 Å². The number of fused-ring (bicyclic) bond motifs is 1. The van der Waals surface area contributed by atoms with Gasteiger partial charge in [-0.2, -0.15) is 0 Å². The molecule has 2 N–H and O–H groups in total. The van der Waals surface area contributed by atoms with Gasteiger partial charge in [0.25, 0.3) is 0 Å². The number of benzene rings is 1. The van der Waals surface area contributed by atoms with Crippen molar-refractivity contribution in [3.63, 3.8) is 0 Å². The second-order valence-electron chi connectivity index (χ2n) is 4.61. The van der Waals surface area contributed by atoms with Crippen LogP contribution in [-0.2, 0) is 6.42 Å². The Morgan fingerprint density at radius 2 is 2.26 bits per heavy atom. The molecule has 19 heavy (non-hydrogen) atoms. The van der Waals surface area contributed by atoms with Gasteiger partial charge in [0.2, 0.25) is 5.95 Å². The Morgan fingerprint density at radius 3 is 3.00 bits per heavy atom. The summed E-state index contributed by atoms with van der Waals surface area (Å²) in [6.45, 7) is 2.15. The van der Waals surface area contributed by atoms with Crippen molar-refractivity contribution in [3.05, 3.63) is 45.6 Å². The first-order chi connectivity index (χ1) is 9.15. The van der Waals surface area contributed by atoms with Crippen LogP contribution in [0.15, 0.2) is 35.7 Å². The molecule has 1 atom stereocenters. The lowest BCUT2D eigenvalue weighted by Gasteiger charge is -2.15. The van der Waals surface area contributed by atoms with E-state index in [1.807, 2.05) is 18.2 Å². The lowest BCUT2D eigenvalue weighted by molar-refractivity contribution is 0.571. The molecular formula is C14H14ClN3S. The second kappa shape index (κ2) is 4.87. The van der Waals surface area contributed by atoms with Crippen molar-refractivity contribution in [2.24, 2.45) is 0 Å². The number of nitrogens with zero attached hydrogens (tertiary/aromatic N) is 2. The minimum atomic E-state index is 0.252. The molecule has 3 nitrogen and oxygen atoms in total. The van der Waals surface area contributed by atoms with Crippen LogP contribution in [-0.4, -0.2) is 9.55 Å². The summed E-state index contributed by atoms with van der Waals surface area (Å²) in [5.41, 5.74) is 7.93. The molecule has 0 aliphatic heterocycles. The van der Waals surface area contributed by atoms with Crippen LogP contribution in [0.25, 0.3) is 11.0 Å². The number of anilines is 1. The third-order valence-electron chi connectivity index (χ3n) is 3.20. The van der Waals surface area contributed by atoms with E-state index in [0.29, 0.717) is 11.0 Å². The molecule has 0 aliphatic rings. The smallest absolute Gasteiger partial charge is 0.201 e. The summed E-state index contributed by atoms with van der Waals surface area (Å²) in [5.74, 6) is 0.543. The van der Waals surface area contributed by atoms with E-state index in [-0.39, 0.29) is 6.04 Å². The quantitative estimate of drug-likeness (QED) is 0.788. The van der Waals surface area contributed by atoms with E-state index in [2.05, 4.69) is 34.0 Å². The van der Waals surface area contributed by atoms with Gasteiger partial charge in [-0.3, -0.25) is 0 Å². The molecule has 0 saturated heterocycles. The normalized spacial score (nSPS) is 12.9. The summed E-state index contributed by atoms with van der Waals surface area (Å²) in [4.78, 5) is 5.73. The van der Waals surface area contributed by atoms with Gasteiger partial charge >= 0.3 is 0 Å². The van der Waals surface area contributed by atoms with Crippen molar-refractivity contribution >= 4 is 39.9 Å². The van der Waals surface area contributed by atoms with E-state index >= 15 is 0 Å². The second-order valence-corrected chi connectivity index (χ2v) is 6.07. The molecule has 3 rings (SSSR count). The minimum absolute atomic E-state index is 0.252. The number of rotatable bonds is 3. The van der Waals surface area contributed by atoms with Crippen LogP contribution < -0.4 is 5.73 Å². The van der Waals surface area contributed by atoms with E-state index in [1.165, 1.54) is 4.88 Å². The Kier molecular flexibility index (Phi) is 3.21. The van der Waals surface area contributed by atoms with Crippen molar-refractivity contribution < 1.29 is 0 Å². The summed E-state index contributed by atoms with van der Waals surface area (Å²) in [6.07, 6.45) is 0.944. The zero-order chi connectivity index (χ0) is 13.4. The van der Waals surface area contributed by atoms with Crippen LogP contribution in [0.4, 0.5) is 5.95 Å². The fourth-order valence-corrected chi connectivity index (χ4v) is 3.35. The van der Waals surface area contributed by atoms with Gasteiger partial charge in [0, 0.05) is 22.4 Å². The molecule has 2 heterocycles. The highest BCUT2D eigenvalue weighted by atomic mass is 35.5. The average Bonchev–Trinajstić information content (AvgIpc) is 2.95. The predicted octanol–water partition coefficient (Wildman–Crippen LogP) is 4.14. The van der Waals surface area contributed by atoms with Crippen molar-refractivity contribution in [1.82, 2.24) is 9.55 Å². The van der Waals surface area contributed by atoms with Crippen LogP contribution in [0.1, 0.15) is 17.8 Å². The maximum atomic E-state index is 6.07. The molecule has 1 aromatic carbocycles. The molecule has 5 heteroatoms. The molecule has 0 bridgehead atoms. The summed E-state index contributed by atoms with van der Waals surface area (Å²) in [7, 11) is 0. The fourth-order valence-electron chi connectivity index (χ4n) is 2.36. The molecular weight excluding hydrogens is 278 g/mol. The summed E-state index contributed by atoms with van der Waals surface area (Å²) >= 11 is 7.83. The third-order valence-corrected chi connectivity index (χ3v) is 4.33. The van der Waals surface area contributed by atoms with Gasteiger partial charge in [-0.15, -0.1) is 11.3 Å². The van der Waals surface area contributed by atoms with Gasteiger partial charge in [-0.1, -0.05) is 17.7 Å². The van der Waals surface area contributed by atoms with Gasteiger partial charge in [-0.25, -0.2) is 4.98 Å². The number of halogens is 1. The first kappa shape index (κ1) is 12.5. The standard InChI is InChI=1S/C14H14ClN3S/c1-9(7-11-3-2-6-19-11)18-13-8-10(15)4-5-12(13)17-14(18)16/h2-6,8-9H,7H2,1H3,(H2,16,17).